The number of ether oxygens (including phenoxy) is 1. The molecule has 5 nitrogen and oxygen atoms in total. The number of aromatic nitrogens is 1. The summed E-state index contributed by atoms with van der Waals surface area (Å²) in [4.78, 5) is 6.35. The minimum Gasteiger partial charge on any atom is -0.497 e. The smallest absolute Gasteiger partial charge is 0.182 e. The van der Waals surface area contributed by atoms with Crippen molar-refractivity contribution in [3.05, 3.63) is 65.1 Å². The zero-order chi connectivity index (χ0) is 27.3. The number of alkyl halides is 2. The van der Waals surface area contributed by atoms with Gasteiger partial charge in [0, 0.05) is 54.5 Å². The van der Waals surface area contributed by atoms with E-state index in [9.17, 15) is 22.7 Å². The number of hydrogen-bond acceptors (Lipinski definition) is 5. The Bertz CT molecular complexity index is 1250. The molecule has 0 aliphatic carbocycles. The van der Waals surface area contributed by atoms with Gasteiger partial charge in [0.1, 0.15) is 24.4 Å². The fourth-order valence-corrected chi connectivity index (χ4v) is 5.19. The van der Waals surface area contributed by atoms with Crippen LogP contribution in [0.5, 0.6) is 5.75 Å². The van der Waals surface area contributed by atoms with Gasteiger partial charge in [-0.15, -0.1) is 0 Å². The Morgan fingerprint density at radius 3 is 2.61 bits per heavy atom. The zero-order valence-corrected chi connectivity index (χ0v) is 21.3. The lowest BCUT2D eigenvalue weighted by Crippen LogP contribution is -2.43. The van der Waals surface area contributed by atoms with Crippen LogP contribution in [-0.4, -0.2) is 54.9 Å². The van der Waals surface area contributed by atoms with Crippen LogP contribution in [0.15, 0.2) is 36.5 Å². The summed E-state index contributed by atoms with van der Waals surface area (Å²) in [6, 6.07) is 6.51. The summed E-state index contributed by atoms with van der Waals surface area (Å²) in [5, 5.41) is 13.5. The zero-order valence-electron chi connectivity index (χ0n) is 21.3. The summed E-state index contributed by atoms with van der Waals surface area (Å²) in [7, 11) is 1.51. The number of halogens is 5. The monoisotopic (exact) mass is 537 g/mol. The second kappa shape index (κ2) is 12.3. The van der Waals surface area contributed by atoms with Crippen LogP contribution in [0, 0.1) is 22.9 Å². The quantitative estimate of drug-likeness (QED) is 0.228. The van der Waals surface area contributed by atoms with Gasteiger partial charge in [-0.3, -0.25) is 4.98 Å². The van der Waals surface area contributed by atoms with Gasteiger partial charge < -0.3 is 20.1 Å². The highest BCUT2D eigenvalue weighted by Crippen LogP contribution is 2.41. The second-order valence-electron chi connectivity index (χ2n) is 9.90. The van der Waals surface area contributed by atoms with Crippen LogP contribution in [0.1, 0.15) is 43.0 Å². The van der Waals surface area contributed by atoms with Gasteiger partial charge in [-0.1, -0.05) is 0 Å². The highest BCUT2D eigenvalue weighted by molar-refractivity contribution is 5.85. The van der Waals surface area contributed by atoms with Crippen molar-refractivity contribution in [2.75, 3.05) is 45.2 Å². The molecular weight excluding hydrogens is 505 g/mol. The summed E-state index contributed by atoms with van der Waals surface area (Å²) in [6.45, 7) is 1.11. The largest absolute Gasteiger partial charge is 0.497 e. The number of nitrogens with one attached hydrogen (secondary N) is 1. The van der Waals surface area contributed by atoms with Crippen LogP contribution >= 0.6 is 0 Å². The van der Waals surface area contributed by atoms with Gasteiger partial charge in [-0.2, -0.15) is 0 Å². The Kier molecular flexibility index (Phi) is 9.04. The van der Waals surface area contributed by atoms with E-state index in [4.69, 9.17) is 4.74 Å². The molecule has 2 aromatic carbocycles. The molecule has 1 aliphatic rings. The molecule has 1 aromatic heterocycles. The fraction of sp³-hybridized carbons (Fsp3) is 0.464. The van der Waals surface area contributed by atoms with E-state index in [1.54, 1.807) is 18.2 Å². The van der Waals surface area contributed by atoms with Crippen LogP contribution in [0.4, 0.5) is 27.6 Å². The summed E-state index contributed by atoms with van der Waals surface area (Å²) in [5.41, 5.74) is 0.331. The predicted molar refractivity (Wildman–Crippen MR) is 136 cm³/mol. The fourth-order valence-electron chi connectivity index (χ4n) is 5.19. The number of likely N-dealkylation sites (tertiary alicyclic amines) is 1. The molecule has 38 heavy (non-hydrogen) atoms. The second-order valence-corrected chi connectivity index (χ2v) is 9.90. The van der Waals surface area contributed by atoms with Gasteiger partial charge in [0.05, 0.1) is 18.3 Å². The lowest BCUT2D eigenvalue weighted by molar-refractivity contribution is 0.0315. The highest BCUT2D eigenvalue weighted by Gasteiger charge is 2.35. The van der Waals surface area contributed by atoms with Gasteiger partial charge in [-0.25, -0.2) is 22.0 Å². The van der Waals surface area contributed by atoms with Crippen molar-refractivity contribution >= 4 is 16.6 Å². The topological polar surface area (TPSA) is 57.6 Å². The van der Waals surface area contributed by atoms with Crippen LogP contribution < -0.4 is 10.1 Å². The highest BCUT2D eigenvalue weighted by atomic mass is 19.2. The van der Waals surface area contributed by atoms with Crippen molar-refractivity contribution in [3.8, 4) is 5.75 Å². The van der Waals surface area contributed by atoms with E-state index in [1.807, 2.05) is 0 Å². The van der Waals surface area contributed by atoms with Gasteiger partial charge in [0.15, 0.2) is 11.6 Å². The molecule has 1 aliphatic heterocycles. The maximum Gasteiger partial charge on any atom is 0.182 e. The molecule has 1 fully saturated rings. The molecule has 0 radical (unpaired) electrons. The van der Waals surface area contributed by atoms with Crippen molar-refractivity contribution in [2.24, 2.45) is 5.41 Å². The van der Waals surface area contributed by atoms with Crippen molar-refractivity contribution < 1.29 is 31.8 Å². The van der Waals surface area contributed by atoms with Crippen molar-refractivity contribution in [2.45, 2.75) is 38.5 Å². The number of benzene rings is 2. The summed E-state index contributed by atoms with van der Waals surface area (Å²) in [6.07, 6.45) is 1.72. The number of aliphatic hydroxyl groups excluding tert-OH is 1. The van der Waals surface area contributed by atoms with Gasteiger partial charge in [-0.05, 0) is 62.4 Å². The first-order valence-corrected chi connectivity index (χ1v) is 12.7. The van der Waals surface area contributed by atoms with E-state index >= 15 is 4.39 Å². The molecule has 0 bridgehead atoms. The standard InChI is InChI=1S/C28H32F5N3O2/c1-38-20-2-3-24-21(14-20)26(18(15-29)16-35-24)22(31)4-5-28(17-37)6-9-36(10-7-28)11-8-34-25-13-19(30)12-23(32)27(25)33/h2-3,12-14,16,22,34,37H,4-11,15,17H2,1H3. The molecule has 10 heteroatoms. The van der Waals surface area contributed by atoms with Crippen molar-refractivity contribution in [3.63, 3.8) is 0 Å². The molecule has 0 spiro atoms. The lowest BCUT2D eigenvalue weighted by atomic mass is 9.74. The minimum absolute atomic E-state index is 0.0968. The molecule has 0 amide bonds. The molecule has 1 saturated heterocycles. The summed E-state index contributed by atoms with van der Waals surface area (Å²) >= 11 is 0. The number of rotatable bonds is 11. The molecule has 0 saturated carbocycles. The van der Waals surface area contributed by atoms with Crippen LogP contribution in [0.3, 0.4) is 0 Å². The average molecular weight is 538 g/mol. The van der Waals surface area contributed by atoms with E-state index in [0.29, 0.717) is 61.6 Å². The third-order valence-corrected chi connectivity index (χ3v) is 7.57. The lowest BCUT2D eigenvalue weighted by Gasteiger charge is -2.41. The van der Waals surface area contributed by atoms with E-state index in [2.05, 4.69) is 15.2 Å². The maximum atomic E-state index is 15.7. The number of fused-ring (bicyclic) bond motifs is 1. The number of aliphatic hydroxyl groups is 1. The normalized spacial score (nSPS) is 16.5. The van der Waals surface area contributed by atoms with Crippen LogP contribution in [0.25, 0.3) is 10.9 Å². The maximum absolute atomic E-state index is 15.7. The third-order valence-electron chi connectivity index (χ3n) is 7.57. The Morgan fingerprint density at radius 1 is 1.16 bits per heavy atom. The Balaban J connectivity index is 1.35. The average Bonchev–Trinajstić information content (AvgIpc) is 2.94. The van der Waals surface area contributed by atoms with E-state index in [0.717, 1.165) is 6.07 Å². The van der Waals surface area contributed by atoms with Gasteiger partial charge >= 0.3 is 0 Å². The molecule has 4 rings (SSSR count). The molecular formula is C28H32F5N3O2. The van der Waals surface area contributed by atoms with E-state index in [1.165, 1.54) is 13.3 Å². The molecule has 1 unspecified atom stereocenters. The minimum atomic E-state index is -1.44. The number of methoxy groups -OCH3 is 1. The van der Waals surface area contributed by atoms with Crippen molar-refractivity contribution in [1.82, 2.24) is 9.88 Å². The number of piperidine rings is 1. The van der Waals surface area contributed by atoms with Crippen molar-refractivity contribution in [1.29, 1.82) is 0 Å². The van der Waals surface area contributed by atoms with Crippen LogP contribution in [0.2, 0.25) is 0 Å². The Morgan fingerprint density at radius 2 is 1.92 bits per heavy atom. The number of nitrogens with zero attached hydrogens (tertiary/aromatic N) is 2. The molecule has 3 aromatic rings. The first-order valence-electron chi connectivity index (χ1n) is 12.7. The first kappa shape index (κ1) is 28.0. The van der Waals surface area contributed by atoms with Gasteiger partial charge in [0.25, 0.3) is 0 Å². The third kappa shape index (κ3) is 6.18. The molecule has 2 N–H and O–H groups in total. The number of anilines is 1. The molecule has 1 atom stereocenters. The Labute approximate surface area is 218 Å². The summed E-state index contributed by atoms with van der Waals surface area (Å²) < 4.78 is 75.3. The van der Waals surface area contributed by atoms with Crippen LogP contribution in [-0.2, 0) is 6.67 Å². The van der Waals surface area contributed by atoms with E-state index in [-0.39, 0.29) is 36.4 Å². The molecule has 2 heterocycles. The molecule has 206 valence electrons. The van der Waals surface area contributed by atoms with E-state index < -0.39 is 35.7 Å². The predicted octanol–water partition coefficient (Wildman–Crippen LogP) is 6.11. The number of pyridine rings is 1. The SMILES string of the molecule is COc1ccc2ncc(CF)c(C(F)CCC3(CO)CCN(CCNc4cc(F)cc(F)c4F)CC3)c2c1. The number of hydrogen-bond donors (Lipinski definition) is 2. The summed E-state index contributed by atoms with van der Waals surface area (Å²) in [5.74, 6) is -2.70. The Hall–Kier alpha value is -2.98. The first-order chi connectivity index (χ1) is 18.3. The van der Waals surface area contributed by atoms with Gasteiger partial charge in [0.2, 0.25) is 0 Å².